The van der Waals surface area contributed by atoms with Crippen molar-refractivity contribution < 1.29 is 19.1 Å². The second-order valence-electron chi connectivity index (χ2n) is 9.70. The number of ether oxygens (including phenoxy) is 1. The first-order valence-corrected chi connectivity index (χ1v) is 13.9. The normalized spacial score (nSPS) is 17.2. The number of para-hydroxylation sites is 1. The number of carbonyl (C=O) groups excluding carboxylic acids is 3. The Balaban J connectivity index is 1.09. The smallest absolute Gasteiger partial charge is 0.409 e. The van der Waals surface area contributed by atoms with Gasteiger partial charge in [-0.25, -0.2) is 9.78 Å². The molecule has 3 amide bonds. The maximum atomic E-state index is 12.9. The molecule has 2 saturated heterocycles. The Morgan fingerprint density at radius 3 is 2.57 bits per heavy atom. The molecule has 5 rings (SSSR count). The fraction of sp³-hybridized carbons (Fsp3) is 0.481. The first-order valence-electron chi connectivity index (χ1n) is 13.0. The van der Waals surface area contributed by atoms with Crippen LogP contribution in [0.5, 0.6) is 0 Å². The summed E-state index contributed by atoms with van der Waals surface area (Å²) >= 11 is 1.52. The van der Waals surface area contributed by atoms with Gasteiger partial charge in [0.05, 0.1) is 18.0 Å². The molecule has 0 unspecified atom stereocenters. The van der Waals surface area contributed by atoms with Gasteiger partial charge >= 0.3 is 6.09 Å². The van der Waals surface area contributed by atoms with E-state index in [2.05, 4.69) is 15.3 Å². The molecule has 1 aromatic carbocycles. The summed E-state index contributed by atoms with van der Waals surface area (Å²) in [6.45, 7) is 4.70. The fourth-order valence-electron chi connectivity index (χ4n) is 5.19. The third kappa shape index (κ3) is 5.79. The van der Waals surface area contributed by atoms with E-state index >= 15 is 0 Å². The monoisotopic (exact) mass is 523 g/mol. The number of rotatable bonds is 6. The molecule has 0 aliphatic carbocycles. The fourth-order valence-corrected chi connectivity index (χ4v) is 6.16. The van der Waals surface area contributed by atoms with Crippen molar-refractivity contribution in [1.82, 2.24) is 25.1 Å². The topological polar surface area (TPSA) is 108 Å². The molecule has 2 aliphatic rings. The number of carbonyl (C=O) groups is 3. The number of aromatic nitrogens is 2. The minimum Gasteiger partial charge on any atom is -0.450 e. The van der Waals surface area contributed by atoms with E-state index in [0.29, 0.717) is 57.7 Å². The van der Waals surface area contributed by atoms with Gasteiger partial charge in [-0.3, -0.25) is 9.59 Å². The van der Waals surface area contributed by atoms with E-state index < -0.39 is 0 Å². The number of nitrogens with zero attached hydrogens (tertiary/aromatic N) is 3. The van der Waals surface area contributed by atoms with Gasteiger partial charge in [0.2, 0.25) is 5.91 Å². The molecular formula is C27H33N5O4S. The van der Waals surface area contributed by atoms with E-state index in [1.807, 2.05) is 40.7 Å². The summed E-state index contributed by atoms with van der Waals surface area (Å²) in [6, 6.07) is 8.07. The third-order valence-corrected chi connectivity index (χ3v) is 8.33. The highest BCUT2D eigenvalue weighted by atomic mass is 32.1. The van der Waals surface area contributed by atoms with Gasteiger partial charge in [0.15, 0.2) is 0 Å². The second kappa shape index (κ2) is 11.3. The Bertz CT molecular complexity index is 1250. The molecule has 0 bridgehead atoms. The number of fused-ring (bicyclic) bond motifs is 1. The van der Waals surface area contributed by atoms with Crippen molar-refractivity contribution in [2.75, 3.05) is 32.8 Å². The van der Waals surface area contributed by atoms with Crippen molar-refractivity contribution in [2.45, 2.75) is 51.0 Å². The van der Waals surface area contributed by atoms with Crippen LogP contribution in [-0.2, 0) is 16.0 Å². The first kappa shape index (κ1) is 25.3. The summed E-state index contributed by atoms with van der Waals surface area (Å²) in [4.78, 5) is 49.1. The Kier molecular flexibility index (Phi) is 7.73. The van der Waals surface area contributed by atoms with Crippen LogP contribution in [0.2, 0.25) is 0 Å². The van der Waals surface area contributed by atoms with Gasteiger partial charge in [-0.15, -0.1) is 11.3 Å². The Morgan fingerprint density at radius 2 is 1.81 bits per heavy atom. The average Bonchev–Trinajstić information content (AvgIpc) is 3.58. The average molecular weight is 524 g/mol. The van der Waals surface area contributed by atoms with Crippen LogP contribution in [0.15, 0.2) is 35.8 Å². The zero-order valence-corrected chi connectivity index (χ0v) is 21.9. The number of thiazole rings is 1. The minimum absolute atomic E-state index is 0.0229. The van der Waals surface area contributed by atoms with E-state index in [-0.39, 0.29) is 29.9 Å². The van der Waals surface area contributed by atoms with E-state index in [9.17, 15) is 14.4 Å². The Labute approximate surface area is 220 Å². The van der Waals surface area contributed by atoms with E-state index in [0.717, 1.165) is 34.3 Å². The summed E-state index contributed by atoms with van der Waals surface area (Å²) in [5.41, 5.74) is 2.53. The number of likely N-dealkylation sites (tertiary alicyclic amines) is 2. The molecule has 0 radical (unpaired) electrons. The first-order chi connectivity index (χ1) is 18.0. The largest absolute Gasteiger partial charge is 0.450 e. The van der Waals surface area contributed by atoms with Gasteiger partial charge in [-0.2, -0.15) is 0 Å². The molecule has 0 spiro atoms. The minimum atomic E-state index is -0.290. The van der Waals surface area contributed by atoms with Crippen LogP contribution in [-0.4, -0.2) is 76.5 Å². The van der Waals surface area contributed by atoms with E-state index in [1.54, 1.807) is 11.8 Å². The van der Waals surface area contributed by atoms with Gasteiger partial charge in [-0.05, 0) is 44.2 Å². The highest BCUT2D eigenvalue weighted by Crippen LogP contribution is 2.31. The van der Waals surface area contributed by atoms with Crippen molar-refractivity contribution >= 4 is 40.1 Å². The number of aromatic amines is 1. The predicted octanol–water partition coefficient (Wildman–Crippen LogP) is 3.92. The highest BCUT2D eigenvalue weighted by Gasteiger charge is 2.28. The predicted molar refractivity (Wildman–Crippen MR) is 142 cm³/mol. The van der Waals surface area contributed by atoms with E-state index in [4.69, 9.17) is 4.74 Å². The molecule has 2 aliphatic heterocycles. The molecule has 9 nitrogen and oxygen atoms in total. The SMILES string of the molecule is CCOC(=O)N1CCC(NC(=O)c2csc(C3CCN(C(=O)Cc4c[nH]c5ccccc45)CC3)n2)CC1. The Hall–Kier alpha value is -3.40. The number of benzene rings is 1. The van der Waals surface area contributed by atoms with E-state index in [1.165, 1.54) is 11.3 Å². The molecule has 10 heteroatoms. The lowest BCUT2D eigenvalue weighted by atomic mass is 9.97. The third-order valence-electron chi connectivity index (χ3n) is 7.32. The quantitative estimate of drug-likeness (QED) is 0.509. The van der Waals surface area contributed by atoms with Crippen LogP contribution < -0.4 is 5.32 Å². The summed E-state index contributed by atoms with van der Waals surface area (Å²) < 4.78 is 5.05. The molecule has 2 aromatic heterocycles. The maximum absolute atomic E-state index is 12.9. The lowest BCUT2D eigenvalue weighted by Crippen LogP contribution is -2.46. The number of hydrogen-bond donors (Lipinski definition) is 2. The lowest BCUT2D eigenvalue weighted by molar-refractivity contribution is -0.131. The summed E-state index contributed by atoms with van der Waals surface area (Å²) in [7, 11) is 0. The van der Waals surface area contributed by atoms with Gasteiger partial charge in [0.25, 0.3) is 5.91 Å². The molecule has 2 fully saturated rings. The standard InChI is InChI=1S/C27H33N5O4S/c1-2-36-27(35)32-13-9-20(10-14-32)29-25(34)23-17-37-26(30-23)18-7-11-31(12-8-18)24(33)15-19-16-28-22-6-4-3-5-21(19)22/h3-6,16-18,20,28H,2,7-15H2,1H3,(H,29,34). The van der Waals surface area contributed by atoms with Crippen molar-refractivity contribution in [3.63, 3.8) is 0 Å². The van der Waals surface area contributed by atoms with Crippen LogP contribution in [0.4, 0.5) is 4.79 Å². The molecule has 0 atom stereocenters. The molecule has 2 N–H and O–H groups in total. The highest BCUT2D eigenvalue weighted by molar-refractivity contribution is 7.09. The van der Waals surface area contributed by atoms with Crippen molar-refractivity contribution in [1.29, 1.82) is 0 Å². The van der Waals surface area contributed by atoms with Crippen molar-refractivity contribution in [3.05, 3.63) is 52.1 Å². The number of H-pyrrole nitrogens is 1. The number of amides is 3. The molecule has 0 saturated carbocycles. The zero-order chi connectivity index (χ0) is 25.8. The van der Waals surface area contributed by atoms with Gasteiger partial charge < -0.3 is 24.8 Å². The molecule has 196 valence electrons. The number of piperidine rings is 2. The van der Waals surface area contributed by atoms with Gasteiger partial charge in [0, 0.05) is 60.6 Å². The van der Waals surface area contributed by atoms with Crippen molar-refractivity contribution in [3.8, 4) is 0 Å². The zero-order valence-electron chi connectivity index (χ0n) is 21.1. The number of nitrogens with one attached hydrogen (secondary N) is 2. The van der Waals surface area contributed by atoms with Crippen LogP contribution in [0.3, 0.4) is 0 Å². The number of hydrogen-bond acceptors (Lipinski definition) is 6. The summed E-state index contributed by atoms with van der Waals surface area (Å²) in [5.74, 6) is 0.247. The Morgan fingerprint density at radius 1 is 1.08 bits per heavy atom. The molecule has 3 aromatic rings. The summed E-state index contributed by atoms with van der Waals surface area (Å²) in [6.07, 6.45) is 5.14. The second-order valence-corrected chi connectivity index (χ2v) is 10.6. The summed E-state index contributed by atoms with van der Waals surface area (Å²) in [5, 5.41) is 6.96. The maximum Gasteiger partial charge on any atom is 0.409 e. The van der Waals surface area contributed by atoms with Crippen LogP contribution in [0.25, 0.3) is 10.9 Å². The molecule has 37 heavy (non-hydrogen) atoms. The van der Waals surface area contributed by atoms with Gasteiger partial charge in [0.1, 0.15) is 5.69 Å². The van der Waals surface area contributed by atoms with Crippen LogP contribution >= 0.6 is 11.3 Å². The van der Waals surface area contributed by atoms with Gasteiger partial charge in [-0.1, -0.05) is 18.2 Å². The van der Waals surface area contributed by atoms with Crippen LogP contribution in [0.1, 0.15) is 59.6 Å². The molecular weight excluding hydrogens is 490 g/mol. The van der Waals surface area contributed by atoms with Crippen molar-refractivity contribution in [2.24, 2.45) is 0 Å². The molecule has 4 heterocycles. The van der Waals surface area contributed by atoms with Crippen LogP contribution in [0, 0.1) is 0 Å². The lowest BCUT2D eigenvalue weighted by Gasteiger charge is -2.31.